The van der Waals surface area contributed by atoms with Gasteiger partial charge in [0.1, 0.15) is 24.8 Å². The Morgan fingerprint density at radius 1 is 1.13 bits per heavy atom. The first-order chi connectivity index (χ1) is 14.7. The van der Waals surface area contributed by atoms with Crippen LogP contribution >= 0.6 is 0 Å². The summed E-state index contributed by atoms with van der Waals surface area (Å²) in [6.45, 7) is 1.43. The highest BCUT2D eigenvalue weighted by Gasteiger charge is 2.15. The third kappa shape index (κ3) is 3.55. The van der Waals surface area contributed by atoms with Crippen molar-refractivity contribution < 1.29 is 13.9 Å². The number of H-pyrrole nitrogens is 1. The largest absolute Gasteiger partial charge is 0.489 e. The predicted octanol–water partition coefficient (Wildman–Crippen LogP) is 3.21. The summed E-state index contributed by atoms with van der Waals surface area (Å²) in [7, 11) is 0. The zero-order chi connectivity index (χ0) is 20.5. The van der Waals surface area contributed by atoms with Gasteiger partial charge < -0.3 is 14.5 Å². The van der Waals surface area contributed by atoms with E-state index in [-0.39, 0.29) is 18.0 Å². The third-order valence-corrected chi connectivity index (χ3v) is 4.74. The van der Waals surface area contributed by atoms with Crippen molar-refractivity contribution in [2.24, 2.45) is 4.99 Å². The smallest absolute Gasteiger partial charge is 0.258 e. The Morgan fingerprint density at radius 2 is 2.00 bits per heavy atom. The number of ether oxygens (including phenoxy) is 2. The molecule has 0 unspecified atom stereocenters. The lowest BCUT2D eigenvalue weighted by molar-refractivity contribution is 0.305. The van der Waals surface area contributed by atoms with E-state index in [2.05, 4.69) is 15.0 Å². The number of nitrogens with one attached hydrogen (secondary N) is 1. The third-order valence-electron chi connectivity index (χ3n) is 4.74. The lowest BCUT2D eigenvalue weighted by Gasteiger charge is -2.09. The summed E-state index contributed by atoms with van der Waals surface area (Å²) in [6.07, 6.45) is 1.66. The molecular weight excluding hydrogens is 387 g/mol. The number of halogens is 1. The van der Waals surface area contributed by atoms with Gasteiger partial charge in [-0.15, -0.1) is 0 Å². The quantitative estimate of drug-likeness (QED) is 0.554. The summed E-state index contributed by atoms with van der Waals surface area (Å²) in [6, 6.07) is 14.7. The highest BCUT2D eigenvalue weighted by atomic mass is 19.1. The van der Waals surface area contributed by atoms with Crippen LogP contribution in [-0.2, 0) is 11.3 Å². The summed E-state index contributed by atoms with van der Waals surface area (Å²) in [5.41, 5.74) is 2.83. The summed E-state index contributed by atoms with van der Waals surface area (Å²) in [5, 5.41) is 0. The molecule has 0 spiro atoms. The highest BCUT2D eigenvalue weighted by Crippen LogP contribution is 2.18. The van der Waals surface area contributed by atoms with E-state index in [0.717, 1.165) is 16.6 Å². The minimum absolute atomic E-state index is 0.228. The molecule has 8 heteroatoms. The fourth-order valence-electron chi connectivity index (χ4n) is 3.24. The molecule has 1 aliphatic heterocycles. The van der Waals surface area contributed by atoms with Crippen molar-refractivity contribution in [2.45, 2.75) is 6.61 Å². The van der Waals surface area contributed by atoms with E-state index in [1.165, 1.54) is 22.8 Å². The Hall–Kier alpha value is -3.94. The SMILES string of the molecule is O=c1cc(OCc2ccc(F)cc2)ccn1-c1ccc2nc(C3=NCCO3)[nH]c2c1. The van der Waals surface area contributed by atoms with Crippen LogP contribution in [-0.4, -0.2) is 33.6 Å². The number of hydrogen-bond donors (Lipinski definition) is 1. The minimum atomic E-state index is -0.300. The van der Waals surface area contributed by atoms with Gasteiger partial charge in [0, 0.05) is 12.3 Å². The molecule has 7 nitrogen and oxygen atoms in total. The zero-order valence-corrected chi connectivity index (χ0v) is 15.8. The van der Waals surface area contributed by atoms with Gasteiger partial charge in [-0.2, -0.15) is 0 Å². The van der Waals surface area contributed by atoms with Crippen LogP contribution in [0.1, 0.15) is 11.4 Å². The first-order valence-electron chi connectivity index (χ1n) is 9.43. The van der Waals surface area contributed by atoms with Crippen LogP contribution in [0.15, 0.2) is 70.6 Å². The molecule has 0 aliphatic carbocycles. The van der Waals surface area contributed by atoms with Gasteiger partial charge >= 0.3 is 0 Å². The van der Waals surface area contributed by atoms with Gasteiger partial charge in [0.05, 0.1) is 23.3 Å². The van der Waals surface area contributed by atoms with Crippen molar-refractivity contribution in [1.29, 1.82) is 0 Å². The molecule has 1 N–H and O–H groups in total. The van der Waals surface area contributed by atoms with E-state index in [0.29, 0.717) is 36.3 Å². The summed E-state index contributed by atoms with van der Waals surface area (Å²) < 4.78 is 25.6. The van der Waals surface area contributed by atoms with Crippen LogP contribution in [0.25, 0.3) is 16.7 Å². The van der Waals surface area contributed by atoms with Crippen molar-refractivity contribution >= 4 is 16.9 Å². The Kier molecular flexibility index (Phi) is 4.51. The second kappa shape index (κ2) is 7.47. The maximum atomic E-state index is 13.0. The summed E-state index contributed by atoms with van der Waals surface area (Å²) in [4.78, 5) is 24.5. The number of aromatic amines is 1. The van der Waals surface area contributed by atoms with Crippen LogP contribution < -0.4 is 10.3 Å². The van der Waals surface area contributed by atoms with Crippen LogP contribution in [0.2, 0.25) is 0 Å². The van der Waals surface area contributed by atoms with Crippen molar-refractivity contribution in [3.05, 3.63) is 88.4 Å². The standard InChI is InChI=1S/C22H17FN4O3/c23-15-3-1-14(2-4-15)13-30-17-7-9-27(20(28)12-17)16-5-6-18-19(11-16)26-21(25-18)22-24-8-10-29-22/h1-7,9,11-12H,8,10,13H2,(H,25,26). The molecule has 0 saturated heterocycles. The summed E-state index contributed by atoms with van der Waals surface area (Å²) >= 11 is 0. The monoisotopic (exact) mass is 404 g/mol. The van der Waals surface area contributed by atoms with Crippen LogP contribution in [0.5, 0.6) is 5.75 Å². The van der Waals surface area contributed by atoms with E-state index in [1.54, 1.807) is 24.4 Å². The molecular formula is C22H17FN4O3. The Bertz CT molecular complexity index is 1310. The first-order valence-corrected chi connectivity index (χ1v) is 9.43. The molecule has 3 heterocycles. The number of aromatic nitrogens is 3. The molecule has 4 aromatic rings. The maximum absolute atomic E-state index is 13.0. The van der Waals surface area contributed by atoms with E-state index >= 15 is 0 Å². The topological polar surface area (TPSA) is 81.5 Å². The number of hydrogen-bond acceptors (Lipinski definition) is 5. The van der Waals surface area contributed by atoms with Crippen LogP contribution in [0.4, 0.5) is 4.39 Å². The number of benzene rings is 2. The molecule has 0 amide bonds. The van der Waals surface area contributed by atoms with E-state index < -0.39 is 0 Å². The molecule has 1 aliphatic rings. The van der Waals surface area contributed by atoms with E-state index in [9.17, 15) is 9.18 Å². The molecule has 150 valence electrons. The van der Waals surface area contributed by atoms with Gasteiger partial charge in [0.2, 0.25) is 0 Å². The van der Waals surface area contributed by atoms with Gasteiger partial charge in [-0.05, 0) is 42.0 Å². The lowest BCUT2D eigenvalue weighted by Crippen LogP contribution is -2.16. The molecule has 0 fully saturated rings. The number of aliphatic imine (C=N–C) groups is 1. The van der Waals surface area contributed by atoms with Crippen molar-refractivity contribution in [2.75, 3.05) is 13.2 Å². The van der Waals surface area contributed by atoms with Crippen LogP contribution in [0.3, 0.4) is 0 Å². The Labute approximate surface area is 170 Å². The molecule has 0 bridgehead atoms. The molecule has 2 aromatic heterocycles. The number of fused-ring (bicyclic) bond motifs is 1. The molecule has 0 saturated carbocycles. The van der Waals surface area contributed by atoms with E-state index in [4.69, 9.17) is 9.47 Å². The molecule has 5 rings (SSSR count). The van der Waals surface area contributed by atoms with Gasteiger partial charge in [-0.25, -0.2) is 14.4 Å². The maximum Gasteiger partial charge on any atom is 0.258 e. The van der Waals surface area contributed by atoms with E-state index in [1.807, 2.05) is 18.2 Å². The zero-order valence-electron chi connectivity index (χ0n) is 15.8. The highest BCUT2D eigenvalue weighted by molar-refractivity contribution is 5.95. The van der Waals surface area contributed by atoms with Gasteiger partial charge in [-0.3, -0.25) is 9.36 Å². The predicted molar refractivity (Wildman–Crippen MR) is 110 cm³/mol. The van der Waals surface area contributed by atoms with Gasteiger partial charge in [0.15, 0.2) is 5.82 Å². The molecule has 30 heavy (non-hydrogen) atoms. The van der Waals surface area contributed by atoms with Crippen molar-refractivity contribution in [1.82, 2.24) is 14.5 Å². The van der Waals surface area contributed by atoms with Crippen molar-refractivity contribution in [3.8, 4) is 11.4 Å². The van der Waals surface area contributed by atoms with Crippen molar-refractivity contribution in [3.63, 3.8) is 0 Å². The van der Waals surface area contributed by atoms with Crippen LogP contribution in [0, 0.1) is 5.82 Å². The fraction of sp³-hybridized carbons (Fsp3) is 0.136. The summed E-state index contributed by atoms with van der Waals surface area (Å²) in [5.74, 6) is 1.23. The number of imidazole rings is 1. The van der Waals surface area contributed by atoms with Gasteiger partial charge in [-0.1, -0.05) is 12.1 Å². The van der Waals surface area contributed by atoms with Gasteiger partial charge in [0.25, 0.3) is 11.5 Å². The second-order valence-electron chi connectivity index (χ2n) is 6.81. The lowest BCUT2D eigenvalue weighted by atomic mass is 10.2. The molecule has 0 atom stereocenters. The fourth-order valence-corrected chi connectivity index (χ4v) is 3.24. The average Bonchev–Trinajstić information content (AvgIpc) is 3.42. The Morgan fingerprint density at radius 3 is 2.77 bits per heavy atom. The number of nitrogens with zero attached hydrogens (tertiary/aromatic N) is 3. The average molecular weight is 404 g/mol. The Balaban J connectivity index is 1.37. The number of pyridine rings is 1. The minimum Gasteiger partial charge on any atom is -0.489 e. The molecule has 0 radical (unpaired) electrons. The molecule has 2 aromatic carbocycles. The first kappa shape index (κ1) is 18.1. The second-order valence-corrected chi connectivity index (χ2v) is 6.81. The number of rotatable bonds is 5. The normalized spacial score (nSPS) is 13.3.